The van der Waals surface area contributed by atoms with E-state index in [4.69, 9.17) is 5.26 Å². The molecule has 1 amide bonds. The molecule has 39 heavy (non-hydrogen) atoms. The van der Waals surface area contributed by atoms with Gasteiger partial charge < -0.3 is 15.1 Å². The van der Waals surface area contributed by atoms with Crippen molar-refractivity contribution in [2.75, 3.05) is 37.6 Å². The first-order chi connectivity index (χ1) is 19.0. The summed E-state index contributed by atoms with van der Waals surface area (Å²) in [4.78, 5) is 17.1. The van der Waals surface area contributed by atoms with Crippen LogP contribution in [0.25, 0.3) is 0 Å². The molecule has 0 bridgehead atoms. The summed E-state index contributed by atoms with van der Waals surface area (Å²) < 4.78 is 14.5. The number of halogens is 1. The Hall–Kier alpha value is -3.68. The summed E-state index contributed by atoms with van der Waals surface area (Å²) in [5, 5.41) is 22.9. The molecule has 7 heteroatoms. The van der Waals surface area contributed by atoms with Gasteiger partial charge in [0.1, 0.15) is 5.82 Å². The van der Waals surface area contributed by atoms with E-state index in [-0.39, 0.29) is 29.6 Å². The van der Waals surface area contributed by atoms with Gasteiger partial charge >= 0.3 is 0 Å². The number of hydrogen-bond donors (Lipinski definition) is 1. The van der Waals surface area contributed by atoms with Crippen LogP contribution in [0.4, 0.5) is 10.1 Å². The van der Waals surface area contributed by atoms with Crippen molar-refractivity contribution in [3.05, 3.63) is 78.1 Å². The van der Waals surface area contributed by atoms with E-state index in [2.05, 4.69) is 33.8 Å². The Morgan fingerprint density at radius 1 is 1.10 bits per heavy atom. The highest BCUT2D eigenvalue weighted by molar-refractivity contribution is 5.87. The molecule has 6 nitrogen and oxygen atoms in total. The normalized spacial score (nSPS) is 23.7. The SMILES string of the molecule is C=CC(=O)N[C@H]1CCC[C@@H]1C(C#N)(c1cccc(F)c1)C1CCN(CC2CN(c3ccc(C#N)cc3)C2)CC1. The van der Waals surface area contributed by atoms with Gasteiger partial charge in [0.25, 0.3) is 0 Å². The fraction of sp³-hybridized carbons (Fsp3) is 0.469. The summed E-state index contributed by atoms with van der Waals surface area (Å²) in [5.41, 5.74) is 1.72. The number of nitrogens with zero attached hydrogens (tertiary/aromatic N) is 4. The topological polar surface area (TPSA) is 83.2 Å². The second-order valence-corrected chi connectivity index (χ2v) is 11.4. The molecular formula is C32H36FN5O. The zero-order chi connectivity index (χ0) is 27.4. The van der Waals surface area contributed by atoms with Gasteiger partial charge in [0.2, 0.25) is 5.91 Å². The molecular weight excluding hydrogens is 489 g/mol. The number of amides is 1. The van der Waals surface area contributed by atoms with Crippen LogP contribution in [0.15, 0.2) is 61.2 Å². The van der Waals surface area contributed by atoms with Crippen molar-refractivity contribution in [2.24, 2.45) is 17.8 Å². The molecule has 1 aliphatic carbocycles. The molecule has 202 valence electrons. The summed E-state index contributed by atoms with van der Waals surface area (Å²) in [5.74, 6) is 0.0598. The van der Waals surface area contributed by atoms with E-state index >= 15 is 0 Å². The van der Waals surface area contributed by atoms with Gasteiger partial charge in [-0.15, -0.1) is 0 Å². The van der Waals surface area contributed by atoms with E-state index in [1.165, 1.54) is 18.2 Å². The van der Waals surface area contributed by atoms with Gasteiger partial charge in [0.15, 0.2) is 0 Å². The Morgan fingerprint density at radius 3 is 2.49 bits per heavy atom. The lowest BCUT2D eigenvalue weighted by molar-refractivity contribution is -0.117. The van der Waals surface area contributed by atoms with Gasteiger partial charge in [-0.25, -0.2) is 4.39 Å². The predicted molar refractivity (Wildman–Crippen MR) is 149 cm³/mol. The second kappa shape index (κ2) is 11.6. The van der Waals surface area contributed by atoms with Crippen LogP contribution < -0.4 is 10.2 Å². The summed E-state index contributed by atoms with van der Waals surface area (Å²) in [7, 11) is 0. The zero-order valence-electron chi connectivity index (χ0n) is 22.4. The predicted octanol–water partition coefficient (Wildman–Crippen LogP) is 4.78. The molecule has 0 radical (unpaired) electrons. The highest BCUT2D eigenvalue weighted by Crippen LogP contribution is 2.50. The minimum Gasteiger partial charge on any atom is -0.371 e. The third kappa shape index (κ3) is 5.42. The number of nitrogens with one attached hydrogen (secondary N) is 1. The second-order valence-electron chi connectivity index (χ2n) is 11.4. The molecule has 3 aliphatic rings. The van der Waals surface area contributed by atoms with E-state index in [1.54, 1.807) is 6.07 Å². The van der Waals surface area contributed by atoms with Crippen LogP contribution in [0.3, 0.4) is 0 Å². The van der Waals surface area contributed by atoms with Crippen LogP contribution in [0, 0.1) is 46.2 Å². The number of carbonyl (C=O) groups is 1. The summed E-state index contributed by atoms with van der Waals surface area (Å²) in [6.45, 7) is 8.45. The maximum absolute atomic E-state index is 14.5. The molecule has 3 atom stereocenters. The van der Waals surface area contributed by atoms with Gasteiger partial charge in [0.05, 0.1) is 23.1 Å². The van der Waals surface area contributed by atoms with Gasteiger partial charge in [-0.05, 0) is 92.7 Å². The van der Waals surface area contributed by atoms with Crippen LogP contribution in [0.5, 0.6) is 0 Å². The van der Waals surface area contributed by atoms with Crippen LogP contribution in [-0.4, -0.2) is 49.6 Å². The van der Waals surface area contributed by atoms with E-state index in [1.807, 2.05) is 30.3 Å². The Balaban J connectivity index is 1.26. The van der Waals surface area contributed by atoms with Crippen molar-refractivity contribution < 1.29 is 9.18 Å². The Kier molecular flexibility index (Phi) is 8.00. The fourth-order valence-corrected chi connectivity index (χ4v) is 7.24. The molecule has 1 saturated carbocycles. The Bertz CT molecular complexity index is 1270. The lowest BCUT2D eigenvalue weighted by Crippen LogP contribution is -2.55. The molecule has 1 N–H and O–H groups in total. The standard InChI is InChI=1S/C32H36FN5O/c1-2-31(39)36-30-8-4-7-29(30)32(22-35,26-5-3-6-27(33)17-26)25-13-15-37(16-14-25)19-24-20-38(21-24)28-11-9-23(18-34)10-12-28/h2-3,5-6,9-12,17,24-25,29-30H,1,4,7-8,13-16,19-21H2,(H,36,39)/t29-,30-,32?/m0/s1. The number of rotatable bonds is 8. The van der Waals surface area contributed by atoms with Crippen LogP contribution in [0.1, 0.15) is 43.2 Å². The molecule has 0 aromatic heterocycles. The van der Waals surface area contributed by atoms with Gasteiger partial charge in [0, 0.05) is 43.2 Å². The number of carbonyl (C=O) groups excluding carboxylic acids is 1. The molecule has 0 spiro atoms. The molecule has 2 aromatic rings. The average molecular weight is 526 g/mol. The largest absolute Gasteiger partial charge is 0.371 e. The average Bonchev–Trinajstić information content (AvgIpc) is 3.40. The van der Waals surface area contributed by atoms with E-state index in [0.717, 1.165) is 76.1 Å². The molecule has 2 heterocycles. The van der Waals surface area contributed by atoms with Crippen molar-refractivity contribution in [2.45, 2.75) is 43.6 Å². The number of hydrogen-bond acceptors (Lipinski definition) is 5. The van der Waals surface area contributed by atoms with Crippen molar-refractivity contribution in [1.29, 1.82) is 10.5 Å². The lowest BCUT2D eigenvalue weighted by atomic mass is 9.59. The lowest BCUT2D eigenvalue weighted by Gasteiger charge is -2.48. The summed E-state index contributed by atoms with van der Waals surface area (Å²) >= 11 is 0. The van der Waals surface area contributed by atoms with Crippen molar-refractivity contribution in [3.63, 3.8) is 0 Å². The maximum Gasteiger partial charge on any atom is 0.243 e. The maximum atomic E-state index is 14.5. The molecule has 1 unspecified atom stereocenters. The van der Waals surface area contributed by atoms with Gasteiger partial charge in [-0.3, -0.25) is 4.79 Å². The monoisotopic (exact) mass is 525 g/mol. The minimum atomic E-state index is -0.854. The minimum absolute atomic E-state index is 0.0719. The first-order valence-electron chi connectivity index (χ1n) is 14.0. The first kappa shape index (κ1) is 26.9. The third-order valence-corrected chi connectivity index (χ3v) is 9.17. The van der Waals surface area contributed by atoms with Crippen LogP contribution in [-0.2, 0) is 10.2 Å². The van der Waals surface area contributed by atoms with Gasteiger partial charge in [-0.2, -0.15) is 10.5 Å². The van der Waals surface area contributed by atoms with Crippen molar-refractivity contribution in [1.82, 2.24) is 10.2 Å². The zero-order valence-corrected chi connectivity index (χ0v) is 22.4. The quantitative estimate of drug-likeness (QED) is 0.502. The smallest absolute Gasteiger partial charge is 0.243 e. The van der Waals surface area contributed by atoms with Crippen molar-refractivity contribution >= 4 is 11.6 Å². The molecule has 2 aromatic carbocycles. The van der Waals surface area contributed by atoms with Gasteiger partial charge in [-0.1, -0.05) is 25.1 Å². The third-order valence-electron chi connectivity index (χ3n) is 9.17. The summed E-state index contributed by atoms with van der Waals surface area (Å²) in [6.07, 6.45) is 5.61. The first-order valence-corrected chi connectivity index (χ1v) is 14.0. The van der Waals surface area contributed by atoms with E-state index in [9.17, 15) is 14.4 Å². The number of benzene rings is 2. The Labute approximate surface area is 230 Å². The number of piperidine rings is 1. The number of likely N-dealkylation sites (tertiary alicyclic amines) is 1. The molecule has 2 saturated heterocycles. The number of anilines is 1. The highest BCUT2D eigenvalue weighted by Gasteiger charge is 2.52. The number of nitriles is 2. The molecule has 3 fully saturated rings. The van der Waals surface area contributed by atoms with E-state index in [0.29, 0.717) is 11.5 Å². The Morgan fingerprint density at radius 2 is 1.85 bits per heavy atom. The van der Waals surface area contributed by atoms with Crippen LogP contribution in [0.2, 0.25) is 0 Å². The highest BCUT2D eigenvalue weighted by atomic mass is 19.1. The molecule has 5 rings (SSSR count). The fourth-order valence-electron chi connectivity index (χ4n) is 7.24. The summed E-state index contributed by atoms with van der Waals surface area (Å²) in [6, 6.07) is 19.1. The van der Waals surface area contributed by atoms with E-state index < -0.39 is 5.41 Å². The van der Waals surface area contributed by atoms with Crippen LogP contribution >= 0.6 is 0 Å². The molecule has 2 aliphatic heterocycles. The van der Waals surface area contributed by atoms with Crippen molar-refractivity contribution in [3.8, 4) is 12.1 Å².